The molecule has 5 nitrogen and oxygen atoms in total. The minimum absolute atomic E-state index is 0.264. The molecule has 4 rings (SSSR count). The molecule has 2 amide bonds. The molecule has 2 aromatic carbocycles. The Labute approximate surface area is 189 Å². The Morgan fingerprint density at radius 2 is 1.97 bits per heavy atom. The minimum atomic E-state index is -0.660. The lowest BCUT2D eigenvalue weighted by Crippen LogP contribution is -2.52. The van der Waals surface area contributed by atoms with E-state index in [1.165, 1.54) is 17.8 Å². The van der Waals surface area contributed by atoms with Crippen LogP contribution in [0.1, 0.15) is 16.8 Å². The summed E-state index contributed by atoms with van der Waals surface area (Å²) in [5.74, 6) is 5.53. The van der Waals surface area contributed by atoms with E-state index in [9.17, 15) is 14.0 Å². The summed E-state index contributed by atoms with van der Waals surface area (Å²) in [5.41, 5.74) is 2.48. The fourth-order valence-electron chi connectivity index (χ4n) is 3.23. The second kappa shape index (κ2) is 10.1. The van der Waals surface area contributed by atoms with Crippen molar-refractivity contribution in [3.63, 3.8) is 0 Å². The third-order valence-electron chi connectivity index (χ3n) is 4.88. The maximum atomic E-state index is 13.9. The molecule has 2 heterocycles. The molecule has 7 heteroatoms. The highest BCUT2D eigenvalue weighted by Crippen LogP contribution is 2.24. The average molecular weight is 446 g/mol. The Hall–Kier alpha value is -3.63. The van der Waals surface area contributed by atoms with Crippen LogP contribution in [0.25, 0.3) is 0 Å². The van der Waals surface area contributed by atoms with Crippen molar-refractivity contribution in [3.05, 3.63) is 95.6 Å². The van der Waals surface area contributed by atoms with Gasteiger partial charge in [-0.25, -0.2) is 9.37 Å². The fraction of sp³-hybridized carbons (Fsp3) is 0.160. The zero-order chi connectivity index (χ0) is 22.3. The first-order valence-corrected chi connectivity index (χ1v) is 11.1. The fourth-order valence-corrected chi connectivity index (χ4v) is 4.40. The van der Waals surface area contributed by atoms with E-state index in [0.717, 1.165) is 5.56 Å². The summed E-state index contributed by atoms with van der Waals surface area (Å²) in [6.07, 6.45) is 1.96. The van der Waals surface area contributed by atoms with E-state index in [1.54, 1.807) is 42.6 Å². The highest BCUT2D eigenvalue weighted by atomic mass is 32.2. The van der Waals surface area contributed by atoms with Gasteiger partial charge in [-0.15, -0.1) is 11.8 Å². The number of carbonyl (C=O) groups is 2. The third kappa shape index (κ3) is 5.54. The number of nitrogens with one attached hydrogen (secondary N) is 2. The SMILES string of the molecule is O=C1N[C@@H](C(=O)Nc2cccc(C#Cc3ccccn3)c2)CS[C@H]1Cc1ccccc1F. The van der Waals surface area contributed by atoms with Crippen molar-refractivity contribution in [1.82, 2.24) is 10.3 Å². The van der Waals surface area contributed by atoms with Crippen molar-refractivity contribution < 1.29 is 14.0 Å². The normalized spacial score (nSPS) is 17.6. The smallest absolute Gasteiger partial charge is 0.247 e. The van der Waals surface area contributed by atoms with Crippen LogP contribution in [0.15, 0.2) is 72.9 Å². The molecule has 0 aliphatic carbocycles. The van der Waals surface area contributed by atoms with Crippen molar-refractivity contribution in [2.45, 2.75) is 17.7 Å². The monoisotopic (exact) mass is 445 g/mol. The molecule has 0 unspecified atom stereocenters. The summed E-state index contributed by atoms with van der Waals surface area (Å²) in [6.45, 7) is 0. The predicted molar refractivity (Wildman–Crippen MR) is 124 cm³/mol. The summed E-state index contributed by atoms with van der Waals surface area (Å²) in [7, 11) is 0. The molecule has 2 N–H and O–H groups in total. The molecule has 0 radical (unpaired) electrons. The number of halogens is 1. The summed E-state index contributed by atoms with van der Waals surface area (Å²) >= 11 is 1.36. The molecule has 1 aliphatic heterocycles. The Morgan fingerprint density at radius 1 is 1.12 bits per heavy atom. The second-order valence-corrected chi connectivity index (χ2v) is 8.45. The first kappa shape index (κ1) is 21.6. The Kier molecular flexibility index (Phi) is 6.83. The van der Waals surface area contributed by atoms with Gasteiger partial charge in [0.25, 0.3) is 0 Å². The lowest BCUT2D eigenvalue weighted by atomic mass is 10.1. The van der Waals surface area contributed by atoms with Gasteiger partial charge in [-0.2, -0.15) is 0 Å². The highest BCUT2D eigenvalue weighted by molar-refractivity contribution is 8.00. The van der Waals surface area contributed by atoms with E-state index in [2.05, 4.69) is 27.5 Å². The van der Waals surface area contributed by atoms with E-state index in [-0.39, 0.29) is 24.1 Å². The lowest BCUT2D eigenvalue weighted by Gasteiger charge is -2.28. The van der Waals surface area contributed by atoms with Crippen molar-refractivity contribution in [2.24, 2.45) is 0 Å². The number of rotatable bonds is 4. The maximum absolute atomic E-state index is 13.9. The van der Waals surface area contributed by atoms with Crippen LogP contribution in [0.5, 0.6) is 0 Å². The summed E-state index contributed by atoms with van der Waals surface area (Å²) in [6, 6.07) is 18.5. The van der Waals surface area contributed by atoms with Crippen LogP contribution in [0.2, 0.25) is 0 Å². The molecule has 0 saturated carbocycles. The number of carbonyl (C=O) groups excluding carboxylic acids is 2. The molecule has 32 heavy (non-hydrogen) atoms. The van der Waals surface area contributed by atoms with E-state index >= 15 is 0 Å². The number of amides is 2. The Balaban J connectivity index is 1.35. The molecular weight excluding hydrogens is 425 g/mol. The van der Waals surface area contributed by atoms with Crippen LogP contribution in [-0.4, -0.2) is 33.8 Å². The van der Waals surface area contributed by atoms with E-state index in [4.69, 9.17) is 0 Å². The average Bonchev–Trinajstić information content (AvgIpc) is 2.81. The number of hydrogen-bond donors (Lipinski definition) is 2. The van der Waals surface area contributed by atoms with Gasteiger partial charge in [-0.3, -0.25) is 9.59 Å². The zero-order valence-corrected chi connectivity index (χ0v) is 17.9. The molecule has 2 atom stereocenters. The standard InChI is InChI=1S/C25H20FN3O2S/c26-21-10-2-1-7-18(21)15-23-25(31)29-22(16-32-23)24(30)28-20-9-5-6-17(14-20)11-12-19-8-3-4-13-27-19/h1-10,13-14,22-23H,15-16H2,(H,28,30)(H,29,31)/t22-,23+/m1/s1. The summed E-state index contributed by atoms with van der Waals surface area (Å²) in [4.78, 5) is 29.3. The number of aromatic nitrogens is 1. The van der Waals surface area contributed by atoms with Gasteiger partial charge < -0.3 is 10.6 Å². The Bertz CT molecular complexity index is 1190. The van der Waals surface area contributed by atoms with Crippen molar-refractivity contribution in [1.29, 1.82) is 0 Å². The van der Waals surface area contributed by atoms with Crippen molar-refractivity contribution >= 4 is 29.3 Å². The van der Waals surface area contributed by atoms with Crippen LogP contribution in [0, 0.1) is 17.7 Å². The summed E-state index contributed by atoms with van der Waals surface area (Å²) < 4.78 is 13.9. The van der Waals surface area contributed by atoms with Gasteiger partial charge in [0.05, 0.1) is 5.25 Å². The molecule has 1 aliphatic rings. The van der Waals surface area contributed by atoms with Gasteiger partial charge in [-0.05, 0) is 54.3 Å². The van der Waals surface area contributed by atoms with E-state index in [0.29, 0.717) is 22.7 Å². The second-order valence-electron chi connectivity index (χ2n) is 7.21. The molecule has 1 fully saturated rings. The first-order chi connectivity index (χ1) is 15.6. The van der Waals surface area contributed by atoms with E-state index < -0.39 is 11.3 Å². The van der Waals surface area contributed by atoms with Crippen LogP contribution in [-0.2, 0) is 16.0 Å². The van der Waals surface area contributed by atoms with Crippen molar-refractivity contribution in [2.75, 3.05) is 11.1 Å². The molecule has 1 saturated heterocycles. The topological polar surface area (TPSA) is 71.1 Å². The molecule has 160 valence electrons. The van der Waals surface area contributed by atoms with Crippen LogP contribution < -0.4 is 10.6 Å². The van der Waals surface area contributed by atoms with E-state index in [1.807, 2.05) is 24.3 Å². The molecular formula is C25H20FN3O2S. The van der Waals surface area contributed by atoms with Crippen LogP contribution >= 0.6 is 11.8 Å². The molecule has 1 aromatic heterocycles. The van der Waals surface area contributed by atoms with Crippen LogP contribution in [0.3, 0.4) is 0 Å². The minimum Gasteiger partial charge on any atom is -0.343 e. The van der Waals surface area contributed by atoms with Crippen LogP contribution in [0.4, 0.5) is 10.1 Å². The van der Waals surface area contributed by atoms with Gasteiger partial charge >= 0.3 is 0 Å². The molecule has 0 spiro atoms. The number of hydrogen-bond acceptors (Lipinski definition) is 4. The maximum Gasteiger partial charge on any atom is 0.247 e. The third-order valence-corrected chi connectivity index (χ3v) is 6.19. The largest absolute Gasteiger partial charge is 0.343 e. The molecule has 0 bridgehead atoms. The first-order valence-electron chi connectivity index (χ1n) is 10.1. The number of benzene rings is 2. The lowest BCUT2D eigenvalue weighted by molar-refractivity contribution is -0.126. The van der Waals surface area contributed by atoms with Gasteiger partial charge in [0.1, 0.15) is 17.6 Å². The van der Waals surface area contributed by atoms with Crippen molar-refractivity contribution in [3.8, 4) is 11.8 Å². The summed E-state index contributed by atoms with van der Waals surface area (Å²) in [5, 5.41) is 5.16. The molecule has 3 aromatic rings. The Morgan fingerprint density at radius 3 is 2.75 bits per heavy atom. The number of nitrogens with zero attached hydrogens (tertiary/aromatic N) is 1. The van der Waals surface area contributed by atoms with Gasteiger partial charge in [0.15, 0.2) is 0 Å². The zero-order valence-electron chi connectivity index (χ0n) is 17.0. The number of pyridine rings is 1. The van der Waals surface area contributed by atoms with Gasteiger partial charge in [-0.1, -0.05) is 36.3 Å². The number of anilines is 1. The van der Waals surface area contributed by atoms with Gasteiger partial charge in [0, 0.05) is 23.2 Å². The number of thioether (sulfide) groups is 1. The quantitative estimate of drug-likeness (QED) is 0.604. The highest BCUT2D eigenvalue weighted by Gasteiger charge is 2.32. The van der Waals surface area contributed by atoms with Gasteiger partial charge in [0.2, 0.25) is 11.8 Å². The predicted octanol–water partition coefficient (Wildman–Crippen LogP) is 3.40.